The lowest BCUT2D eigenvalue weighted by Crippen LogP contribution is -2.54. The number of hydrogen-bond acceptors (Lipinski definition) is 11. The molecule has 162 valence electrons. The van der Waals surface area contributed by atoms with Crippen LogP contribution in [0.5, 0.6) is 0 Å². The zero-order valence-electron chi connectivity index (χ0n) is 17.0. The summed E-state index contributed by atoms with van der Waals surface area (Å²) in [5.74, 6) is 1.83. The molecule has 0 spiro atoms. The van der Waals surface area contributed by atoms with E-state index in [-0.39, 0.29) is 24.2 Å². The molecule has 1 aromatic heterocycles. The van der Waals surface area contributed by atoms with E-state index in [9.17, 15) is 0 Å². The van der Waals surface area contributed by atoms with Crippen molar-refractivity contribution in [2.24, 2.45) is 22.9 Å². The van der Waals surface area contributed by atoms with Gasteiger partial charge < -0.3 is 43.4 Å². The summed E-state index contributed by atoms with van der Waals surface area (Å²) in [6, 6.07) is 0.387. The molecule has 4 atom stereocenters. The first-order chi connectivity index (χ1) is 14.0. The second kappa shape index (κ2) is 8.92. The molecule has 3 fully saturated rings. The predicted octanol–water partition coefficient (Wildman–Crippen LogP) is -2.24. The molecule has 0 amide bonds. The molecule has 0 bridgehead atoms. The van der Waals surface area contributed by atoms with Crippen molar-refractivity contribution >= 4 is 17.8 Å². The molecule has 11 heteroatoms. The maximum atomic E-state index is 6.20. The Labute approximate surface area is 172 Å². The lowest BCUT2D eigenvalue weighted by Gasteiger charge is -2.37. The lowest BCUT2D eigenvalue weighted by atomic mass is 10.0. The number of rotatable bonds is 4. The molecule has 3 aliphatic rings. The van der Waals surface area contributed by atoms with E-state index >= 15 is 0 Å². The van der Waals surface area contributed by atoms with Crippen LogP contribution < -0.4 is 43.4 Å². The lowest BCUT2D eigenvalue weighted by molar-refractivity contribution is 0.440. The average molecular weight is 406 g/mol. The summed E-state index contributed by atoms with van der Waals surface area (Å²) in [5.41, 5.74) is 24.8. The average Bonchev–Trinajstić information content (AvgIpc) is 2.67. The van der Waals surface area contributed by atoms with E-state index in [1.807, 2.05) is 0 Å². The number of anilines is 3. The van der Waals surface area contributed by atoms with Crippen molar-refractivity contribution in [3.05, 3.63) is 0 Å². The van der Waals surface area contributed by atoms with Gasteiger partial charge in [0.1, 0.15) is 0 Å². The van der Waals surface area contributed by atoms with E-state index in [0.717, 1.165) is 38.8 Å². The van der Waals surface area contributed by atoms with Crippen LogP contribution in [0, 0.1) is 0 Å². The number of hydrogen-bond donors (Lipinski definition) is 6. The number of nitrogens with zero attached hydrogens (tertiary/aromatic N) is 5. The SMILES string of the molecule is NC1CC(N)CN(c2nc(NC3CCNCC3)nc(N3CC(N)CC(N)C3)n2)C1. The van der Waals surface area contributed by atoms with Gasteiger partial charge in [-0.2, -0.15) is 15.0 Å². The molecule has 3 aliphatic heterocycles. The third-order valence-electron chi connectivity index (χ3n) is 5.88. The Bertz CT molecular complexity index is 616. The first-order valence-corrected chi connectivity index (χ1v) is 10.7. The Balaban J connectivity index is 1.61. The van der Waals surface area contributed by atoms with E-state index in [1.54, 1.807) is 0 Å². The fraction of sp³-hybridized carbons (Fsp3) is 0.833. The Hall–Kier alpha value is -1.79. The summed E-state index contributed by atoms with van der Waals surface area (Å²) in [7, 11) is 0. The molecule has 4 unspecified atom stereocenters. The normalized spacial score (nSPS) is 31.7. The van der Waals surface area contributed by atoms with Crippen LogP contribution in [0.2, 0.25) is 0 Å². The van der Waals surface area contributed by atoms with Crippen molar-refractivity contribution in [1.29, 1.82) is 0 Å². The zero-order chi connectivity index (χ0) is 20.4. The fourth-order valence-corrected chi connectivity index (χ4v) is 4.53. The van der Waals surface area contributed by atoms with Crippen LogP contribution in [-0.2, 0) is 0 Å². The van der Waals surface area contributed by atoms with Crippen LogP contribution >= 0.6 is 0 Å². The Morgan fingerprint density at radius 3 is 1.62 bits per heavy atom. The third-order valence-corrected chi connectivity index (χ3v) is 5.88. The number of nitrogens with two attached hydrogens (primary N) is 4. The van der Waals surface area contributed by atoms with Gasteiger partial charge in [0.25, 0.3) is 0 Å². The highest BCUT2D eigenvalue weighted by Gasteiger charge is 2.29. The van der Waals surface area contributed by atoms with Crippen molar-refractivity contribution < 1.29 is 0 Å². The highest BCUT2D eigenvalue weighted by atomic mass is 15.4. The molecule has 11 nitrogen and oxygen atoms in total. The van der Waals surface area contributed by atoms with Crippen LogP contribution in [0.3, 0.4) is 0 Å². The van der Waals surface area contributed by atoms with Crippen LogP contribution in [0.4, 0.5) is 17.8 Å². The van der Waals surface area contributed by atoms with E-state index in [4.69, 9.17) is 37.9 Å². The maximum Gasteiger partial charge on any atom is 0.232 e. The van der Waals surface area contributed by atoms with Crippen LogP contribution in [0.15, 0.2) is 0 Å². The summed E-state index contributed by atoms with van der Waals surface area (Å²) in [4.78, 5) is 18.4. The van der Waals surface area contributed by atoms with E-state index in [2.05, 4.69) is 20.4 Å². The molecule has 0 aromatic carbocycles. The summed E-state index contributed by atoms with van der Waals surface area (Å²) < 4.78 is 0. The second-order valence-corrected chi connectivity index (χ2v) is 8.75. The van der Waals surface area contributed by atoms with E-state index in [0.29, 0.717) is 50.1 Å². The molecular formula is C18H35N11. The number of piperidine rings is 3. The summed E-state index contributed by atoms with van der Waals surface area (Å²) in [6.07, 6.45) is 3.69. The third kappa shape index (κ3) is 5.23. The van der Waals surface area contributed by atoms with Crippen molar-refractivity contribution in [3.63, 3.8) is 0 Å². The number of nitrogens with one attached hydrogen (secondary N) is 2. The Morgan fingerprint density at radius 1 is 0.724 bits per heavy atom. The molecule has 4 rings (SSSR count). The summed E-state index contributed by atoms with van der Waals surface area (Å²) in [6.45, 7) is 4.72. The largest absolute Gasteiger partial charge is 0.351 e. The molecule has 0 radical (unpaired) electrons. The van der Waals surface area contributed by atoms with Gasteiger partial charge in [-0.15, -0.1) is 0 Å². The minimum atomic E-state index is 0.0108. The molecule has 0 aliphatic carbocycles. The highest BCUT2D eigenvalue weighted by molar-refractivity contribution is 5.47. The first kappa shape index (κ1) is 20.5. The van der Waals surface area contributed by atoms with Crippen LogP contribution in [0.1, 0.15) is 25.7 Å². The van der Waals surface area contributed by atoms with Crippen molar-refractivity contribution in [2.45, 2.75) is 55.9 Å². The van der Waals surface area contributed by atoms with Crippen LogP contribution in [-0.4, -0.2) is 84.4 Å². The molecule has 0 saturated carbocycles. The van der Waals surface area contributed by atoms with Crippen molar-refractivity contribution in [1.82, 2.24) is 20.3 Å². The van der Waals surface area contributed by atoms with Gasteiger partial charge in [0.15, 0.2) is 0 Å². The first-order valence-electron chi connectivity index (χ1n) is 10.7. The van der Waals surface area contributed by atoms with Crippen molar-refractivity contribution in [2.75, 3.05) is 54.4 Å². The van der Waals surface area contributed by atoms with Gasteiger partial charge in [0, 0.05) is 56.4 Å². The monoisotopic (exact) mass is 405 g/mol. The van der Waals surface area contributed by atoms with Gasteiger partial charge in [-0.1, -0.05) is 0 Å². The van der Waals surface area contributed by atoms with Gasteiger partial charge in [0.05, 0.1) is 0 Å². The quantitative estimate of drug-likeness (QED) is 0.320. The van der Waals surface area contributed by atoms with Gasteiger partial charge in [-0.3, -0.25) is 0 Å². The summed E-state index contributed by atoms with van der Waals surface area (Å²) in [5, 5.41) is 6.89. The number of aromatic nitrogens is 3. The topological polar surface area (TPSA) is 173 Å². The van der Waals surface area contributed by atoms with Gasteiger partial charge in [0.2, 0.25) is 17.8 Å². The molecule has 1 aromatic rings. The standard InChI is InChI=1S/C18H35N11/c19-11-5-12(20)8-28(7-11)17-25-16(24-15-1-3-23-4-2-15)26-18(27-17)29-9-13(21)6-14(22)10-29/h11-15,23H,1-10,19-22H2,(H,24,25,26,27). The van der Waals surface area contributed by atoms with Crippen molar-refractivity contribution in [3.8, 4) is 0 Å². The second-order valence-electron chi connectivity index (χ2n) is 8.75. The summed E-state index contributed by atoms with van der Waals surface area (Å²) >= 11 is 0. The Morgan fingerprint density at radius 2 is 1.17 bits per heavy atom. The Kier molecular flexibility index (Phi) is 6.30. The van der Waals surface area contributed by atoms with Gasteiger partial charge in [-0.25, -0.2) is 0 Å². The predicted molar refractivity (Wildman–Crippen MR) is 115 cm³/mol. The molecule has 10 N–H and O–H groups in total. The van der Waals surface area contributed by atoms with E-state index < -0.39 is 0 Å². The molecule has 3 saturated heterocycles. The minimum absolute atomic E-state index is 0.0108. The minimum Gasteiger partial charge on any atom is -0.351 e. The molecular weight excluding hydrogens is 370 g/mol. The highest BCUT2D eigenvalue weighted by Crippen LogP contribution is 2.23. The van der Waals surface area contributed by atoms with Gasteiger partial charge in [-0.05, 0) is 38.8 Å². The molecule has 4 heterocycles. The van der Waals surface area contributed by atoms with Gasteiger partial charge >= 0.3 is 0 Å². The zero-order valence-corrected chi connectivity index (χ0v) is 17.0. The van der Waals surface area contributed by atoms with Crippen LogP contribution in [0.25, 0.3) is 0 Å². The fourth-order valence-electron chi connectivity index (χ4n) is 4.53. The molecule has 29 heavy (non-hydrogen) atoms. The maximum absolute atomic E-state index is 6.20. The van der Waals surface area contributed by atoms with E-state index in [1.165, 1.54) is 0 Å². The smallest absolute Gasteiger partial charge is 0.232 e.